The molecule has 1 saturated heterocycles. The number of hydrogen-bond donors (Lipinski definition) is 1. The molecule has 1 N–H and O–H groups in total. The van der Waals surface area contributed by atoms with Gasteiger partial charge in [0.05, 0.1) is 14.2 Å². The summed E-state index contributed by atoms with van der Waals surface area (Å²) in [7, 11) is 3.24. The lowest BCUT2D eigenvalue weighted by molar-refractivity contribution is -0.127. The maximum Gasteiger partial charge on any atom is 0.227 e. The maximum atomic E-state index is 12.3. The summed E-state index contributed by atoms with van der Waals surface area (Å²) in [6.45, 7) is 0.809. The number of nitrogens with one attached hydrogen (secondary N) is 1. The first-order valence-electron chi connectivity index (χ1n) is 9.63. The van der Waals surface area contributed by atoms with Gasteiger partial charge in [-0.15, -0.1) is 0 Å². The summed E-state index contributed by atoms with van der Waals surface area (Å²) < 4.78 is 10.4. The number of hydrogen-bond acceptors (Lipinski definition) is 4. The van der Waals surface area contributed by atoms with Crippen molar-refractivity contribution in [3.8, 4) is 11.5 Å². The summed E-state index contributed by atoms with van der Waals surface area (Å²) in [6, 6.07) is 15.3. The summed E-state index contributed by atoms with van der Waals surface area (Å²) in [5.74, 6) is 1.52. The Balaban J connectivity index is 1.55. The van der Waals surface area contributed by atoms with Crippen molar-refractivity contribution in [1.82, 2.24) is 10.2 Å². The van der Waals surface area contributed by atoms with Gasteiger partial charge in [0.1, 0.15) is 11.5 Å². The molecule has 0 spiro atoms. The largest absolute Gasteiger partial charge is 0.497 e. The van der Waals surface area contributed by atoms with Crippen LogP contribution in [-0.4, -0.2) is 37.5 Å². The third kappa shape index (κ3) is 5.60. The zero-order valence-corrected chi connectivity index (χ0v) is 16.8. The van der Waals surface area contributed by atoms with E-state index in [9.17, 15) is 9.59 Å². The second-order valence-corrected chi connectivity index (χ2v) is 6.83. The van der Waals surface area contributed by atoms with E-state index in [1.165, 1.54) is 0 Å². The average molecular weight is 394 g/mol. The predicted molar refractivity (Wildman–Crippen MR) is 111 cm³/mol. The lowest BCUT2D eigenvalue weighted by Gasteiger charge is -2.18. The second kappa shape index (κ2) is 9.78. The molecule has 1 aliphatic rings. The molecule has 6 nitrogen and oxygen atoms in total. The average Bonchev–Trinajstić information content (AvgIpc) is 3.10. The molecule has 2 aromatic carbocycles. The van der Waals surface area contributed by atoms with Crippen molar-refractivity contribution < 1.29 is 19.1 Å². The number of ether oxygens (including phenoxy) is 2. The summed E-state index contributed by atoms with van der Waals surface area (Å²) >= 11 is 0. The molecule has 1 heterocycles. The predicted octanol–water partition coefficient (Wildman–Crippen LogP) is 3.37. The van der Waals surface area contributed by atoms with Crippen LogP contribution in [-0.2, 0) is 16.1 Å². The van der Waals surface area contributed by atoms with Crippen molar-refractivity contribution in [1.29, 1.82) is 0 Å². The van der Waals surface area contributed by atoms with Crippen LogP contribution in [0.25, 0.3) is 6.08 Å². The molecule has 0 bridgehead atoms. The maximum absolute atomic E-state index is 12.3. The Morgan fingerprint density at radius 2 is 1.83 bits per heavy atom. The molecule has 0 atom stereocenters. The van der Waals surface area contributed by atoms with Crippen molar-refractivity contribution in [2.75, 3.05) is 20.8 Å². The van der Waals surface area contributed by atoms with Crippen LogP contribution in [0.3, 0.4) is 0 Å². The molecule has 0 radical (unpaired) electrons. The highest BCUT2D eigenvalue weighted by molar-refractivity contribution is 5.84. The quantitative estimate of drug-likeness (QED) is 0.745. The fourth-order valence-electron chi connectivity index (χ4n) is 3.26. The molecule has 6 heteroatoms. The van der Waals surface area contributed by atoms with Crippen LogP contribution in [0.2, 0.25) is 0 Å². The van der Waals surface area contributed by atoms with Gasteiger partial charge in [0.15, 0.2) is 0 Å². The zero-order valence-electron chi connectivity index (χ0n) is 16.8. The monoisotopic (exact) mass is 394 g/mol. The molecular weight excluding hydrogens is 368 g/mol. The first kappa shape index (κ1) is 20.5. The Kier molecular flexibility index (Phi) is 6.89. The molecule has 0 aliphatic carbocycles. The smallest absolute Gasteiger partial charge is 0.227 e. The number of carbonyl (C=O) groups excluding carboxylic acids is 2. The SMILES string of the molecule is COc1ccc(/C=C2/CCC(=O)N2CCC(=O)NCc2cccc(OC)c2)cc1. The van der Waals surface area contributed by atoms with E-state index in [2.05, 4.69) is 5.32 Å². The molecule has 0 aromatic heterocycles. The minimum Gasteiger partial charge on any atom is -0.497 e. The van der Waals surface area contributed by atoms with Gasteiger partial charge in [-0.25, -0.2) is 0 Å². The van der Waals surface area contributed by atoms with Crippen molar-refractivity contribution >= 4 is 17.9 Å². The van der Waals surface area contributed by atoms with Crippen molar-refractivity contribution in [2.24, 2.45) is 0 Å². The van der Waals surface area contributed by atoms with E-state index in [-0.39, 0.29) is 18.2 Å². The molecule has 2 aromatic rings. The van der Waals surface area contributed by atoms with Crippen LogP contribution in [0.5, 0.6) is 11.5 Å². The van der Waals surface area contributed by atoms with Gasteiger partial charge in [0, 0.05) is 31.6 Å². The van der Waals surface area contributed by atoms with Crippen molar-refractivity contribution in [3.63, 3.8) is 0 Å². The lowest BCUT2D eigenvalue weighted by atomic mass is 10.1. The van der Waals surface area contributed by atoms with Gasteiger partial charge in [0.25, 0.3) is 0 Å². The number of likely N-dealkylation sites (tertiary alicyclic amines) is 1. The number of carbonyl (C=O) groups is 2. The summed E-state index contributed by atoms with van der Waals surface area (Å²) in [4.78, 5) is 26.2. The fourth-order valence-corrected chi connectivity index (χ4v) is 3.26. The molecule has 1 aliphatic heterocycles. The Bertz CT molecular complexity index is 890. The molecule has 3 rings (SSSR count). The van der Waals surface area contributed by atoms with Gasteiger partial charge in [-0.05, 0) is 47.9 Å². The Morgan fingerprint density at radius 1 is 1.07 bits per heavy atom. The number of benzene rings is 2. The number of allylic oxidation sites excluding steroid dienone is 1. The second-order valence-electron chi connectivity index (χ2n) is 6.83. The summed E-state index contributed by atoms with van der Waals surface area (Å²) in [5.41, 5.74) is 2.92. The molecule has 152 valence electrons. The first-order chi connectivity index (χ1) is 14.1. The molecule has 29 heavy (non-hydrogen) atoms. The van der Waals surface area contributed by atoms with E-state index in [0.717, 1.165) is 28.3 Å². The Hall–Kier alpha value is -3.28. The third-order valence-electron chi connectivity index (χ3n) is 4.88. The van der Waals surface area contributed by atoms with Gasteiger partial charge in [-0.3, -0.25) is 9.59 Å². The van der Waals surface area contributed by atoms with E-state index in [1.807, 2.05) is 54.6 Å². The van der Waals surface area contributed by atoms with Gasteiger partial charge in [-0.2, -0.15) is 0 Å². The minimum atomic E-state index is -0.0867. The lowest BCUT2D eigenvalue weighted by Crippen LogP contribution is -2.30. The van der Waals surface area contributed by atoms with Gasteiger partial charge < -0.3 is 19.7 Å². The van der Waals surface area contributed by atoms with Gasteiger partial charge in [-0.1, -0.05) is 24.3 Å². The molecular formula is C23H26N2O4. The molecule has 1 fully saturated rings. The topological polar surface area (TPSA) is 67.9 Å². The highest BCUT2D eigenvalue weighted by atomic mass is 16.5. The Labute approximate surface area is 171 Å². The third-order valence-corrected chi connectivity index (χ3v) is 4.88. The van der Waals surface area contributed by atoms with Gasteiger partial charge in [0.2, 0.25) is 11.8 Å². The van der Waals surface area contributed by atoms with Crippen LogP contribution in [0.15, 0.2) is 54.2 Å². The minimum absolute atomic E-state index is 0.0605. The van der Waals surface area contributed by atoms with Crippen molar-refractivity contribution in [2.45, 2.75) is 25.8 Å². The van der Waals surface area contributed by atoms with E-state index in [1.54, 1.807) is 19.1 Å². The highest BCUT2D eigenvalue weighted by Crippen LogP contribution is 2.25. The number of nitrogens with zero attached hydrogens (tertiary/aromatic N) is 1. The van der Waals surface area contributed by atoms with Crippen molar-refractivity contribution in [3.05, 3.63) is 65.4 Å². The summed E-state index contributed by atoms with van der Waals surface area (Å²) in [5, 5.41) is 2.90. The number of methoxy groups -OCH3 is 2. The normalized spacial score (nSPS) is 14.9. The van der Waals surface area contributed by atoms with Crippen LogP contribution < -0.4 is 14.8 Å². The number of rotatable bonds is 8. The number of amides is 2. The van der Waals surface area contributed by atoms with Crippen LogP contribution >= 0.6 is 0 Å². The van der Waals surface area contributed by atoms with E-state index >= 15 is 0 Å². The van der Waals surface area contributed by atoms with Gasteiger partial charge >= 0.3 is 0 Å². The first-order valence-corrected chi connectivity index (χ1v) is 9.63. The molecule has 0 unspecified atom stereocenters. The molecule has 0 saturated carbocycles. The zero-order chi connectivity index (χ0) is 20.6. The van der Waals surface area contributed by atoms with E-state index in [4.69, 9.17) is 9.47 Å². The molecule has 2 amide bonds. The van der Waals surface area contributed by atoms with Crippen LogP contribution in [0.4, 0.5) is 0 Å². The van der Waals surface area contributed by atoms with E-state index in [0.29, 0.717) is 25.9 Å². The standard InChI is InChI=1S/C23H26N2O4/c1-28-20-9-6-17(7-10-20)14-19-8-11-23(27)25(19)13-12-22(26)24-16-18-4-3-5-21(15-18)29-2/h3-7,9-10,14-15H,8,11-13,16H2,1-2H3,(H,24,26)/b19-14-. The summed E-state index contributed by atoms with van der Waals surface area (Å²) in [6.07, 6.45) is 3.43. The van der Waals surface area contributed by atoms with Crippen LogP contribution in [0.1, 0.15) is 30.4 Å². The highest BCUT2D eigenvalue weighted by Gasteiger charge is 2.25. The fraction of sp³-hybridized carbons (Fsp3) is 0.304. The van der Waals surface area contributed by atoms with Crippen LogP contribution in [0, 0.1) is 0 Å². The Morgan fingerprint density at radius 3 is 2.55 bits per heavy atom. The van der Waals surface area contributed by atoms with E-state index < -0.39 is 0 Å².